The number of rotatable bonds is 2. The lowest BCUT2D eigenvalue weighted by Crippen LogP contribution is -2.44. The van der Waals surface area contributed by atoms with Crippen LogP contribution in [0.2, 0.25) is 0 Å². The number of Topliss-reactive ketones (excluding diaryl/α,β-unsaturated/α-hetero) is 2. The Labute approximate surface area is 174 Å². The molecule has 1 heterocycles. The number of urea groups is 1. The summed E-state index contributed by atoms with van der Waals surface area (Å²) in [4.78, 5) is 40.1. The quantitative estimate of drug-likeness (QED) is 0.609. The van der Waals surface area contributed by atoms with E-state index < -0.39 is 5.92 Å². The molecule has 0 aromatic heterocycles. The SMILES string of the molecule is CC#Cc1cc(C)c(C2C(=O)CCCN(C(=O)NC(C)C)CCCC2=O)c(C)c1. The van der Waals surface area contributed by atoms with Gasteiger partial charge in [-0.25, -0.2) is 4.79 Å². The van der Waals surface area contributed by atoms with Crippen LogP contribution < -0.4 is 5.32 Å². The molecule has 0 aliphatic carbocycles. The molecule has 1 aromatic carbocycles. The topological polar surface area (TPSA) is 66.5 Å². The standard InChI is InChI=1S/C24H32N2O3/c1-6-9-19-14-17(4)22(18(5)15-19)23-20(27)10-7-12-26(13-8-11-21(23)28)24(29)25-16(2)3/h14-16,23H,7-8,10-13H2,1-5H3,(H,25,29). The van der Waals surface area contributed by atoms with E-state index >= 15 is 0 Å². The summed E-state index contributed by atoms with van der Waals surface area (Å²) in [7, 11) is 0. The summed E-state index contributed by atoms with van der Waals surface area (Å²) in [5, 5.41) is 2.89. The van der Waals surface area contributed by atoms with Crippen molar-refractivity contribution in [1.29, 1.82) is 0 Å². The largest absolute Gasteiger partial charge is 0.336 e. The molecule has 0 atom stereocenters. The van der Waals surface area contributed by atoms with Gasteiger partial charge in [-0.15, -0.1) is 5.92 Å². The van der Waals surface area contributed by atoms with Crippen molar-refractivity contribution in [2.75, 3.05) is 13.1 Å². The van der Waals surface area contributed by atoms with E-state index in [0.29, 0.717) is 25.9 Å². The van der Waals surface area contributed by atoms with Crippen molar-refractivity contribution in [1.82, 2.24) is 10.2 Å². The number of nitrogens with zero attached hydrogens (tertiary/aromatic N) is 1. The normalized spacial score (nSPS) is 16.4. The van der Waals surface area contributed by atoms with E-state index in [1.54, 1.807) is 11.8 Å². The van der Waals surface area contributed by atoms with Crippen LogP contribution >= 0.6 is 0 Å². The van der Waals surface area contributed by atoms with Crippen molar-refractivity contribution in [3.05, 3.63) is 34.4 Å². The van der Waals surface area contributed by atoms with Crippen LogP contribution in [0.3, 0.4) is 0 Å². The fourth-order valence-electron chi connectivity index (χ4n) is 3.98. The molecule has 1 N–H and O–H groups in total. The van der Waals surface area contributed by atoms with E-state index in [-0.39, 0.29) is 36.5 Å². The van der Waals surface area contributed by atoms with E-state index in [1.165, 1.54) is 0 Å². The zero-order valence-electron chi connectivity index (χ0n) is 18.2. The lowest BCUT2D eigenvalue weighted by Gasteiger charge is -2.27. The summed E-state index contributed by atoms with van der Waals surface area (Å²) < 4.78 is 0. The van der Waals surface area contributed by atoms with Crippen LogP contribution in [0.4, 0.5) is 4.79 Å². The van der Waals surface area contributed by atoms with E-state index in [0.717, 1.165) is 22.3 Å². The lowest BCUT2D eigenvalue weighted by molar-refractivity contribution is -0.129. The maximum atomic E-state index is 13.0. The molecule has 0 bridgehead atoms. The zero-order valence-corrected chi connectivity index (χ0v) is 18.2. The number of hydrogen-bond donors (Lipinski definition) is 1. The third-order valence-corrected chi connectivity index (χ3v) is 5.20. The molecule has 5 nitrogen and oxygen atoms in total. The lowest BCUT2D eigenvalue weighted by atomic mass is 9.81. The predicted octanol–water partition coefficient (Wildman–Crippen LogP) is 3.89. The first-order valence-electron chi connectivity index (χ1n) is 10.4. The number of carbonyl (C=O) groups excluding carboxylic acids is 3. The first-order valence-corrected chi connectivity index (χ1v) is 10.4. The van der Waals surface area contributed by atoms with Crippen molar-refractivity contribution in [3.8, 4) is 11.8 Å². The van der Waals surface area contributed by atoms with Gasteiger partial charge in [-0.3, -0.25) is 9.59 Å². The fraction of sp³-hybridized carbons (Fsp3) is 0.542. The third-order valence-electron chi connectivity index (χ3n) is 5.20. The van der Waals surface area contributed by atoms with E-state index in [2.05, 4.69) is 17.2 Å². The van der Waals surface area contributed by atoms with Crippen LogP contribution in [0.15, 0.2) is 12.1 Å². The highest BCUT2D eigenvalue weighted by atomic mass is 16.2. The monoisotopic (exact) mass is 396 g/mol. The van der Waals surface area contributed by atoms with Crippen molar-refractivity contribution in [3.63, 3.8) is 0 Å². The van der Waals surface area contributed by atoms with Crippen molar-refractivity contribution < 1.29 is 14.4 Å². The van der Waals surface area contributed by atoms with Gasteiger partial charge in [0.05, 0.1) is 0 Å². The molecule has 0 saturated carbocycles. The van der Waals surface area contributed by atoms with Crippen LogP contribution in [-0.2, 0) is 9.59 Å². The van der Waals surface area contributed by atoms with E-state index in [9.17, 15) is 14.4 Å². The van der Waals surface area contributed by atoms with Crippen molar-refractivity contribution >= 4 is 17.6 Å². The third kappa shape index (κ3) is 5.93. The van der Waals surface area contributed by atoms with Crippen LogP contribution in [0, 0.1) is 25.7 Å². The van der Waals surface area contributed by atoms with Gasteiger partial charge in [0, 0.05) is 37.5 Å². The number of ketones is 2. The summed E-state index contributed by atoms with van der Waals surface area (Å²) >= 11 is 0. The van der Waals surface area contributed by atoms with Gasteiger partial charge in [0.25, 0.3) is 0 Å². The number of aryl methyl sites for hydroxylation is 2. The summed E-state index contributed by atoms with van der Waals surface area (Å²) in [5.74, 6) is 5.12. The van der Waals surface area contributed by atoms with Crippen molar-refractivity contribution in [2.24, 2.45) is 0 Å². The Balaban J connectivity index is 2.25. The van der Waals surface area contributed by atoms with Crippen molar-refractivity contribution in [2.45, 2.75) is 72.3 Å². The van der Waals surface area contributed by atoms with Gasteiger partial charge in [-0.2, -0.15) is 0 Å². The molecule has 156 valence electrons. The molecular weight excluding hydrogens is 364 g/mol. The van der Waals surface area contributed by atoms with Crippen LogP contribution in [0.5, 0.6) is 0 Å². The molecule has 2 amide bonds. The highest BCUT2D eigenvalue weighted by Crippen LogP contribution is 2.30. The van der Waals surface area contributed by atoms with Gasteiger partial charge < -0.3 is 10.2 Å². The highest BCUT2D eigenvalue weighted by molar-refractivity contribution is 6.08. The molecule has 1 saturated heterocycles. The first kappa shape index (κ1) is 22.7. The highest BCUT2D eigenvalue weighted by Gasteiger charge is 2.31. The number of amides is 2. The van der Waals surface area contributed by atoms with E-state index in [4.69, 9.17) is 0 Å². The van der Waals surface area contributed by atoms with Gasteiger partial charge in [0.15, 0.2) is 0 Å². The molecule has 1 aliphatic heterocycles. The van der Waals surface area contributed by atoms with Crippen LogP contribution in [0.1, 0.15) is 74.6 Å². The number of hydrogen-bond acceptors (Lipinski definition) is 3. The van der Waals surface area contributed by atoms with Crippen LogP contribution in [0.25, 0.3) is 0 Å². The van der Waals surface area contributed by atoms with E-state index in [1.807, 2.05) is 39.8 Å². The number of carbonyl (C=O) groups is 3. The molecule has 2 rings (SSSR count). The average Bonchev–Trinajstić information content (AvgIpc) is 2.62. The van der Waals surface area contributed by atoms with Gasteiger partial charge in [0.1, 0.15) is 17.5 Å². The Morgan fingerprint density at radius 2 is 1.59 bits per heavy atom. The molecule has 1 aromatic rings. The van der Waals surface area contributed by atoms with Gasteiger partial charge in [-0.05, 0) is 76.3 Å². The summed E-state index contributed by atoms with van der Waals surface area (Å²) in [6.45, 7) is 10.6. The molecule has 29 heavy (non-hydrogen) atoms. The van der Waals surface area contributed by atoms with Gasteiger partial charge in [0.2, 0.25) is 0 Å². The molecule has 0 spiro atoms. The minimum atomic E-state index is -0.713. The Kier molecular flexibility index (Phi) is 8.01. The summed E-state index contributed by atoms with van der Waals surface area (Å²) in [5.41, 5.74) is 3.60. The minimum absolute atomic E-state index is 0.0527. The number of nitrogens with one attached hydrogen (secondary N) is 1. The fourth-order valence-corrected chi connectivity index (χ4v) is 3.98. The Hall–Kier alpha value is -2.61. The van der Waals surface area contributed by atoms with Crippen LogP contribution in [-0.4, -0.2) is 41.6 Å². The Bertz CT molecular complexity index is 800. The summed E-state index contributed by atoms with van der Waals surface area (Å²) in [6.07, 6.45) is 1.70. The Morgan fingerprint density at radius 3 is 2.03 bits per heavy atom. The molecule has 0 radical (unpaired) electrons. The first-order chi connectivity index (χ1) is 13.7. The maximum Gasteiger partial charge on any atom is 0.317 e. The van der Waals surface area contributed by atoms with Gasteiger partial charge in [-0.1, -0.05) is 5.92 Å². The molecule has 1 fully saturated rings. The molecule has 0 unspecified atom stereocenters. The minimum Gasteiger partial charge on any atom is -0.336 e. The second-order valence-corrected chi connectivity index (χ2v) is 8.06. The second-order valence-electron chi connectivity index (χ2n) is 8.06. The average molecular weight is 397 g/mol. The molecular formula is C24H32N2O3. The molecule has 5 heteroatoms. The smallest absolute Gasteiger partial charge is 0.317 e. The number of benzene rings is 1. The predicted molar refractivity (Wildman–Crippen MR) is 115 cm³/mol. The van der Waals surface area contributed by atoms with Gasteiger partial charge >= 0.3 is 6.03 Å². The maximum absolute atomic E-state index is 13.0. The molecule has 1 aliphatic rings. The summed E-state index contributed by atoms with van der Waals surface area (Å²) in [6, 6.07) is 3.83. The zero-order chi connectivity index (χ0) is 21.6. The second kappa shape index (κ2) is 10.2. The Morgan fingerprint density at radius 1 is 1.07 bits per heavy atom.